The molecule has 2 heterocycles. The van der Waals surface area contributed by atoms with E-state index in [1.807, 2.05) is 0 Å². The van der Waals surface area contributed by atoms with Crippen molar-refractivity contribution in [2.45, 2.75) is 31.7 Å². The first-order valence-corrected chi connectivity index (χ1v) is 10.9. The van der Waals surface area contributed by atoms with Crippen LogP contribution in [0.1, 0.15) is 22.5 Å². The van der Waals surface area contributed by atoms with Crippen LogP contribution in [0.5, 0.6) is 0 Å². The fourth-order valence-electron chi connectivity index (χ4n) is 3.65. The first-order chi connectivity index (χ1) is 16.6. The molecule has 4 aromatic rings. The number of nitrogens with two attached hydrogens (primary N) is 1. The van der Waals surface area contributed by atoms with Crippen LogP contribution in [0.15, 0.2) is 60.8 Å². The molecule has 0 unspecified atom stereocenters. The van der Waals surface area contributed by atoms with Crippen molar-refractivity contribution in [1.82, 2.24) is 19.9 Å². The van der Waals surface area contributed by atoms with E-state index in [0.29, 0.717) is 28.1 Å². The van der Waals surface area contributed by atoms with E-state index >= 15 is 0 Å². The maximum atomic E-state index is 13.6. The van der Waals surface area contributed by atoms with Crippen LogP contribution in [-0.4, -0.2) is 26.5 Å². The second kappa shape index (κ2) is 10.0. The second-order valence-corrected chi connectivity index (χ2v) is 8.34. The Morgan fingerprint density at radius 1 is 1.11 bits per heavy atom. The number of nitrogens with one attached hydrogen (secondary N) is 1. The Morgan fingerprint density at radius 3 is 2.66 bits per heavy atom. The van der Waals surface area contributed by atoms with Gasteiger partial charge >= 0.3 is 6.18 Å². The quantitative estimate of drug-likeness (QED) is 0.363. The molecule has 1 atom stereocenters. The number of alkyl halides is 3. The van der Waals surface area contributed by atoms with Crippen molar-refractivity contribution >= 4 is 28.7 Å². The molecule has 0 aliphatic carbocycles. The molecule has 6 nitrogen and oxygen atoms in total. The first-order valence-electron chi connectivity index (χ1n) is 10.6. The highest BCUT2D eigenvalue weighted by Crippen LogP contribution is 2.29. The lowest BCUT2D eigenvalue weighted by molar-refractivity contribution is -0.137. The fraction of sp³-hybridized carbons (Fsp3) is 0.208. The first kappa shape index (κ1) is 24.6. The Bertz CT molecular complexity index is 1370. The summed E-state index contributed by atoms with van der Waals surface area (Å²) in [5.41, 5.74) is 7.31. The zero-order valence-corrected chi connectivity index (χ0v) is 18.9. The Balaban J connectivity index is 1.49. The number of hydrogen-bond donors (Lipinski definition) is 2. The molecule has 0 spiro atoms. The topological polar surface area (TPSA) is 85.8 Å². The Morgan fingerprint density at radius 2 is 1.91 bits per heavy atom. The second-order valence-electron chi connectivity index (χ2n) is 7.94. The number of aromatic nitrogens is 3. The Hall–Kier alpha value is -3.50. The number of carbonyl (C=O) groups excluding carboxylic acids is 1. The van der Waals surface area contributed by atoms with E-state index in [1.165, 1.54) is 24.3 Å². The number of halogens is 5. The highest BCUT2D eigenvalue weighted by Gasteiger charge is 2.30. The van der Waals surface area contributed by atoms with Crippen LogP contribution in [0.2, 0.25) is 5.02 Å². The average Bonchev–Trinajstić information content (AvgIpc) is 3.16. The zero-order chi connectivity index (χ0) is 25.2. The van der Waals surface area contributed by atoms with Crippen LogP contribution in [0, 0.1) is 5.82 Å². The molecule has 0 aliphatic heterocycles. The van der Waals surface area contributed by atoms with Gasteiger partial charge in [0.2, 0.25) is 5.91 Å². The molecule has 0 radical (unpaired) electrons. The zero-order valence-electron chi connectivity index (χ0n) is 18.2. The monoisotopic (exact) mass is 505 g/mol. The maximum absolute atomic E-state index is 13.6. The standard InChI is InChI=1S/C24H20ClF4N5O/c25-17-10-15(6-7-18(17)26)13-34-21(33-20-5-2-8-31-22(20)34)12-32-23(35)19(30)11-14-3-1-4-16(9-14)24(27,28)29/h1-10,19H,11-13,30H2,(H,32,35)/t19-/m1/s1. The number of benzene rings is 2. The van der Waals surface area contributed by atoms with Crippen LogP contribution in [0.3, 0.4) is 0 Å². The number of pyridine rings is 1. The summed E-state index contributed by atoms with van der Waals surface area (Å²) < 4.78 is 54.2. The lowest BCUT2D eigenvalue weighted by atomic mass is 10.0. The molecular weight excluding hydrogens is 486 g/mol. The fourth-order valence-corrected chi connectivity index (χ4v) is 3.85. The summed E-state index contributed by atoms with van der Waals surface area (Å²) in [6.07, 6.45) is -2.95. The predicted molar refractivity (Wildman–Crippen MR) is 123 cm³/mol. The molecule has 2 aromatic heterocycles. The van der Waals surface area contributed by atoms with Crippen molar-refractivity contribution in [1.29, 1.82) is 0 Å². The Kier molecular flexibility index (Phi) is 7.04. The SMILES string of the molecule is N[C@H](Cc1cccc(C(F)(F)F)c1)C(=O)NCc1nc2cccnc2n1Cc1ccc(F)c(Cl)c1. The summed E-state index contributed by atoms with van der Waals surface area (Å²) in [4.78, 5) is 21.5. The van der Waals surface area contributed by atoms with Crippen LogP contribution < -0.4 is 11.1 Å². The van der Waals surface area contributed by atoms with Gasteiger partial charge in [-0.3, -0.25) is 4.79 Å². The molecule has 3 N–H and O–H groups in total. The van der Waals surface area contributed by atoms with E-state index in [9.17, 15) is 22.4 Å². The summed E-state index contributed by atoms with van der Waals surface area (Å²) in [5.74, 6) is -0.608. The lowest BCUT2D eigenvalue weighted by Gasteiger charge is -2.14. The number of amides is 1. The summed E-state index contributed by atoms with van der Waals surface area (Å²) in [7, 11) is 0. The largest absolute Gasteiger partial charge is 0.416 e. The van der Waals surface area contributed by atoms with Gasteiger partial charge in [0.25, 0.3) is 0 Å². The molecule has 0 bridgehead atoms. The molecule has 1 amide bonds. The summed E-state index contributed by atoms with van der Waals surface area (Å²) in [6.45, 7) is 0.273. The molecule has 35 heavy (non-hydrogen) atoms. The van der Waals surface area contributed by atoms with Gasteiger partial charge in [-0.25, -0.2) is 14.4 Å². The van der Waals surface area contributed by atoms with Crippen molar-refractivity contribution in [2.75, 3.05) is 0 Å². The van der Waals surface area contributed by atoms with Crippen molar-refractivity contribution in [3.8, 4) is 0 Å². The minimum absolute atomic E-state index is 0.000408. The van der Waals surface area contributed by atoms with Crippen molar-refractivity contribution < 1.29 is 22.4 Å². The predicted octanol–water partition coefficient (Wildman–Crippen LogP) is 4.48. The van der Waals surface area contributed by atoms with E-state index in [1.54, 1.807) is 29.0 Å². The molecule has 11 heteroatoms. The summed E-state index contributed by atoms with van der Waals surface area (Å²) in [5, 5.41) is 2.67. The normalized spacial score (nSPS) is 12.6. The van der Waals surface area contributed by atoms with Gasteiger partial charge in [0, 0.05) is 6.20 Å². The number of carbonyl (C=O) groups is 1. The van der Waals surface area contributed by atoms with E-state index in [2.05, 4.69) is 15.3 Å². The van der Waals surface area contributed by atoms with Gasteiger partial charge < -0.3 is 15.6 Å². The third kappa shape index (κ3) is 5.77. The summed E-state index contributed by atoms with van der Waals surface area (Å²) in [6, 6.07) is 11.5. The minimum Gasteiger partial charge on any atom is -0.348 e. The average molecular weight is 506 g/mol. The van der Waals surface area contributed by atoms with E-state index in [-0.39, 0.29) is 24.5 Å². The van der Waals surface area contributed by atoms with E-state index in [4.69, 9.17) is 17.3 Å². The lowest BCUT2D eigenvalue weighted by Crippen LogP contribution is -2.42. The van der Waals surface area contributed by atoms with Crippen molar-refractivity contribution in [3.05, 3.63) is 94.1 Å². The van der Waals surface area contributed by atoms with Gasteiger partial charge in [0.15, 0.2) is 5.65 Å². The number of imidazole rings is 1. The van der Waals surface area contributed by atoms with E-state index < -0.39 is 29.5 Å². The molecule has 0 aliphatic rings. The van der Waals surface area contributed by atoms with Gasteiger partial charge in [0.1, 0.15) is 17.2 Å². The van der Waals surface area contributed by atoms with Crippen LogP contribution >= 0.6 is 11.6 Å². The van der Waals surface area contributed by atoms with Gasteiger partial charge in [-0.15, -0.1) is 0 Å². The number of rotatable bonds is 7. The van der Waals surface area contributed by atoms with Crippen molar-refractivity contribution in [3.63, 3.8) is 0 Å². The van der Waals surface area contributed by atoms with Gasteiger partial charge in [-0.05, 0) is 47.9 Å². The molecule has 2 aromatic carbocycles. The number of hydrogen-bond acceptors (Lipinski definition) is 4. The van der Waals surface area contributed by atoms with Crippen LogP contribution in [-0.2, 0) is 30.5 Å². The molecule has 0 saturated heterocycles. The molecule has 0 saturated carbocycles. The van der Waals surface area contributed by atoms with Gasteiger partial charge in [0.05, 0.1) is 29.7 Å². The van der Waals surface area contributed by atoms with Gasteiger partial charge in [-0.1, -0.05) is 35.9 Å². The molecular formula is C24H20ClF4N5O. The van der Waals surface area contributed by atoms with E-state index in [0.717, 1.165) is 12.1 Å². The number of nitrogens with zero attached hydrogens (tertiary/aromatic N) is 3. The molecule has 4 rings (SSSR count). The smallest absolute Gasteiger partial charge is 0.348 e. The maximum Gasteiger partial charge on any atom is 0.416 e. The van der Waals surface area contributed by atoms with Crippen LogP contribution in [0.4, 0.5) is 17.6 Å². The van der Waals surface area contributed by atoms with Crippen molar-refractivity contribution in [2.24, 2.45) is 5.73 Å². The molecule has 182 valence electrons. The third-order valence-electron chi connectivity index (χ3n) is 5.37. The number of fused-ring (bicyclic) bond motifs is 1. The van der Waals surface area contributed by atoms with Crippen LogP contribution in [0.25, 0.3) is 11.2 Å². The highest BCUT2D eigenvalue weighted by atomic mass is 35.5. The molecule has 0 fully saturated rings. The Labute approximate surface area is 202 Å². The van der Waals surface area contributed by atoms with Gasteiger partial charge in [-0.2, -0.15) is 13.2 Å². The summed E-state index contributed by atoms with van der Waals surface area (Å²) >= 11 is 5.90. The minimum atomic E-state index is -4.48. The highest BCUT2D eigenvalue weighted by molar-refractivity contribution is 6.30. The third-order valence-corrected chi connectivity index (χ3v) is 5.66.